The monoisotopic (exact) mass is 352 g/mol. The molecule has 1 amide bonds. The molecule has 0 aliphatic rings. The van der Waals surface area contributed by atoms with Crippen molar-refractivity contribution in [2.75, 3.05) is 0 Å². The van der Waals surface area contributed by atoms with E-state index >= 15 is 0 Å². The number of nitrogens with zero attached hydrogens (tertiary/aromatic N) is 2. The van der Waals surface area contributed by atoms with Gasteiger partial charge < -0.3 is 0 Å². The van der Waals surface area contributed by atoms with Gasteiger partial charge in [0.2, 0.25) is 0 Å². The van der Waals surface area contributed by atoms with Crippen LogP contribution in [0.25, 0.3) is 11.3 Å². The highest BCUT2D eigenvalue weighted by Gasteiger charge is 2.10. The van der Waals surface area contributed by atoms with Gasteiger partial charge in [0.1, 0.15) is 5.69 Å². The summed E-state index contributed by atoms with van der Waals surface area (Å²) in [6.07, 6.45) is 2.59. The highest BCUT2D eigenvalue weighted by molar-refractivity contribution is 6.30. The molecule has 6 heteroatoms. The molecule has 2 aromatic carbocycles. The van der Waals surface area contributed by atoms with Crippen LogP contribution in [0.3, 0.4) is 0 Å². The number of aromatic amines is 1. The van der Waals surface area contributed by atoms with E-state index in [1.807, 2.05) is 36.4 Å². The second-order valence-corrected chi connectivity index (χ2v) is 5.90. The topological polar surface area (TPSA) is 70.1 Å². The molecule has 0 atom stereocenters. The molecule has 5 nitrogen and oxygen atoms in total. The number of benzene rings is 2. The molecule has 0 aliphatic carbocycles. The Bertz CT molecular complexity index is 883. The standard InChI is InChI=1S/C19H17ClN4O/c1-2-13-3-5-14(6-4-13)12-21-24-19(25)18-11-17(22-23-18)15-7-9-16(20)10-8-15/h3-12H,2H2,1H3,(H,22,23)(H,24,25)/b21-12+. The number of carbonyl (C=O) groups excluding carboxylic acids is 1. The third-order valence-corrected chi connectivity index (χ3v) is 3.98. The van der Waals surface area contributed by atoms with Crippen molar-refractivity contribution in [3.8, 4) is 11.3 Å². The highest BCUT2D eigenvalue weighted by Crippen LogP contribution is 2.20. The van der Waals surface area contributed by atoms with Crippen molar-refractivity contribution in [3.05, 3.63) is 76.4 Å². The minimum atomic E-state index is -0.353. The van der Waals surface area contributed by atoms with Crippen LogP contribution >= 0.6 is 11.6 Å². The Hall–Kier alpha value is -2.92. The Kier molecular flexibility index (Phi) is 5.26. The minimum absolute atomic E-state index is 0.337. The van der Waals surface area contributed by atoms with Crippen LogP contribution < -0.4 is 5.43 Å². The van der Waals surface area contributed by atoms with E-state index in [-0.39, 0.29) is 5.91 Å². The molecule has 0 saturated carbocycles. The molecule has 1 aromatic heterocycles. The lowest BCUT2D eigenvalue weighted by molar-refractivity contribution is 0.0950. The van der Waals surface area contributed by atoms with E-state index in [2.05, 4.69) is 27.6 Å². The van der Waals surface area contributed by atoms with Crippen LogP contribution in [-0.2, 0) is 6.42 Å². The molecule has 126 valence electrons. The molecule has 25 heavy (non-hydrogen) atoms. The summed E-state index contributed by atoms with van der Waals surface area (Å²) in [4.78, 5) is 12.1. The maximum absolute atomic E-state index is 12.1. The Morgan fingerprint density at radius 2 is 1.92 bits per heavy atom. The van der Waals surface area contributed by atoms with Crippen molar-refractivity contribution >= 4 is 23.7 Å². The van der Waals surface area contributed by atoms with Gasteiger partial charge in [-0.2, -0.15) is 10.2 Å². The predicted molar refractivity (Wildman–Crippen MR) is 99.9 cm³/mol. The second-order valence-electron chi connectivity index (χ2n) is 5.47. The molecule has 3 aromatic rings. The summed E-state index contributed by atoms with van der Waals surface area (Å²) in [5.74, 6) is -0.353. The molecular weight excluding hydrogens is 336 g/mol. The van der Waals surface area contributed by atoms with Gasteiger partial charge in [0, 0.05) is 10.6 Å². The maximum atomic E-state index is 12.1. The van der Waals surface area contributed by atoms with E-state index in [0.29, 0.717) is 16.4 Å². The van der Waals surface area contributed by atoms with Crippen molar-refractivity contribution in [1.29, 1.82) is 0 Å². The lowest BCUT2D eigenvalue weighted by atomic mass is 10.1. The second kappa shape index (κ2) is 7.77. The summed E-state index contributed by atoms with van der Waals surface area (Å²) in [5.41, 5.74) is 6.54. The minimum Gasteiger partial charge on any atom is -0.272 e. The van der Waals surface area contributed by atoms with Crippen LogP contribution in [0, 0.1) is 0 Å². The Morgan fingerprint density at radius 3 is 2.60 bits per heavy atom. The van der Waals surface area contributed by atoms with E-state index in [1.54, 1.807) is 24.4 Å². The van der Waals surface area contributed by atoms with E-state index in [4.69, 9.17) is 11.6 Å². The Balaban J connectivity index is 1.63. The number of carbonyl (C=O) groups is 1. The number of aryl methyl sites for hydroxylation is 1. The molecule has 3 rings (SSSR count). The molecular formula is C19H17ClN4O. The zero-order valence-electron chi connectivity index (χ0n) is 13.7. The lowest BCUT2D eigenvalue weighted by Crippen LogP contribution is -2.17. The summed E-state index contributed by atoms with van der Waals surface area (Å²) < 4.78 is 0. The molecule has 0 aliphatic heterocycles. The van der Waals surface area contributed by atoms with E-state index in [9.17, 15) is 4.79 Å². The first-order chi connectivity index (χ1) is 12.2. The number of hydrogen-bond donors (Lipinski definition) is 2. The maximum Gasteiger partial charge on any atom is 0.289 e. The zero-order valence-corrected chi connectivity index (χ0v) is 14.4. The van der Waals surface area contributed by atoms with Crippen molar-refractivity contribution < 1.29 is 4.79 Å². The SMILES string of the molecule is CCc1ccc(/C=N/NC(=O)c2cc(-c3ccc(Cl)cc3)n[nH]2)cc1. The summed E-state index contributed by atoms with van der Waals surface area (Å²) in [5, 5.41) is 11.5. The number of nitrogens with one attached hydrogen (secondary N) is 2. The van der Waals surface area contributed by atoms with Crippen LogP contribution in [0.1, 0.15) is 28.5 Å². The van der Waals surface area contributed by atoms with Crippen LogP contribution in [0.15, 0.2) is 59.7 Å². The average Bonchev–Trinajstić information content (AvgIpc) is 3.13. The molecule has 1 heterocycles. The number of hydrogen-bond acceptors (Lipinski definition) is 3. The highest BCUT2D eigenvalue weighted by atomic mass is 35.5. The molecule has 0 radical (unpaired) electrons. The van der Waals surface area contributed by atoms with Crippen molar-refractivity contribution in [2.24, 2.45) is 5.10 Å². The van der Waals surface area contributed by atoms with Crippen LogP contribution in [0.5, 0.6) is 0 Å². The van der Waals surface area contributed by atoms with Gasteiger partial charge in [-0.05, 0) is 35.7 Å². The van der Waals surface area contributed by atoms with Gasteiger partial charge in [-0.25, -0.2) is 5.43 Å². The fourth-order valence-electron chi connectivity index (χ4n) is 2.27. The van der Waals surface area contributed by atoms with Crippen LogP contribution in [-0.4, -0.2) is 22.3 Å². The quantitative estimate of drug-likeness (QED) is 0.537. The van der Waals surface area contributed by atoms with E-state index in [1.165, 1.54) is 5.56 Å². The summed E-state index contributed by atoms with van der Waals surface area (Å²) in [6.45, 7) is 2.10. The predicted octanol–water partition coefficient (Wildman–Crippen LogP) is 4.06. The Labute approximate surface area is 150 Å². The Morgan fingerprint density at radius 1 is 1.20 bits per heavy atom. The normalized spacial score (nSPS) is 11.0. The average molecular weight is 353 g/mol. The van der Waals surface area contributed by atoms with Crippen molar-refractivity contribution in [2.45, 2.75) is 13.3 Å². The molecule has 0 saturated heterocycles. The van der Waals surface area contributed by atoms with Gasteiger partial charge in [0.25, 0.3) is 5.91 Å². The third kappa shape index (κ3) is 4.33. The van der Waals surface area contributed by atoms with Gasteiger partial charge in [-0.3, -0.25) is 9.89 Å². The lowest BCUT2D eigenvalue weighted by Gasteiger charge is -1.98. The number of amides is 1. The number of rotatable bonds is 5. The first-order valence-corrected chi connectivity index (χ1v) is 8.27. The van der Waals surface area contributed by atoms with Gasteiger partial charge in [0.15, 0.2) is 0 Å². The van der Waals surface area contributed by atoms with Gasteiger partial charge in [-0.1, -0.05) is 54.9 Å². The van der Waals surface area contributed by atoms with Crippen molar-refractivity contribution in [1.82, 2.24) is 15.6 Å². The number of aromatic nitrogens is 2. The fourth-order valence-corrected chi connectivity index (χ4v) is 2.40. The van der Waals surface area contributed by atoms with Gasteiger partial charge in [0.05, 0.1) is 11.9 Å². The summed E-state index contributed by atoms with van der Waals surface area (Å²) >= 11 is 5.87. The number of hydrazone groups is 1. The zero-order chi connectivity index (χ0) is 17.6. The summed E-state index contributed by atoms with van der Waals surface area (Å²) in [7, 11) is 0. The number of halogens is 1. The fraction of sp³-hybridized carbons (Fsp3) is 0.105. The molecule has 0 spiro atoms. The number of H-pyrrole nitrogens is 1. The third-order valence-electron chi connectivity index (χ3n) is 3.73. The van der Waals surface area contributed by atoms with Crippen molar-refractivity contribution in [3.63, 3.8) is 0 Å². The smallest absolute Gasteiger partial charge is 0.272 e. The first kappa shape index (κ1) is 16.9. The largest absolute Gasteiger partial charge is 0.289 e. The molecule has 0 bridgehead atoms. The van der Waals surface area contributed by atoms with E-state index in [0.717, 1.165) is 17.5 Å². The first-order valence-electron chi connectivity index (χ1n) is 7.89. The molecule has 0 unspecified atom stereocenters. The van der Waals surface area contributed by atoms with Gasteiger partial charge in [-0.15, -0.1) is 0 Å². The molecule has 2 N–H and O–H groups in total. The van der Waals surface area contributed by atoms with Crippen LogP contribution in [0.4, 0.5) is 0 Å². The van der Waals surface area contributed by atoms with E-state index < -0.39 is 0 Å². The van der Waals surface area contributed by atoms with Crippen LogP contribution in [0.2, 0.25) is 5.02 Å². The van der Waals surface area contributed by atoms with Gasteiger partial charge >= 0.3 is 0 Å². The molecule has 0 fully saturated rings. The summed E-state index contributed by atoms with van der Waals surface area (Å²) in [6, 6.07) is 16.9.